The molecule has 4 heterocycles. The molecule has 9 nitrogen and oxygen atoms in total. The van der Waals surface area contributed by atoms with Gasteiger partial charge in [0.05, 0.1) is 42.7 Å². The molecule has 11 heteroatoms. The first-order chi connectivity index (χ1) is 17.4. The number of benzene rings is 1. The van der Waals surface area contributed by atoms with Gasteiger partial charge in [-0.3, -0.25) is 14.7 Å². The molecule has 0 amide bonds. The molecule has 36 heavy (non-hydrogen) atoms. The van der Waals surface area contributed by atoms with Crippen molar-refractivity contribution >= 4 is 38.7 Å². The van der Waals surface area contributed by atoms with E-state index in [2.05, 4.69) is 24.6 Å². The normalized spacial score (nSPS) is 17.6. The Kier molecular flexibility index (Phi) is 6.33. The first kappa shape index (κ1) is 23.8. The Morgan fingerprint density at radius 2 is 1.92 bits per heavy atom. The minimum Gasteiger partial charge on any atom is -0.495 e. The minimum atomic E-state index is -3.53. The van der Waals surface area contributed by atoms with E-state index in [1.807, 2.05) is 59.6 Å². The molecule has 2 unspecified atom stereocenters. The standard InChI is InChI=1S/C25H24N6O3S2/c1-34-22-11-10-17(15-20(22)29-36(2,32)33)31-24(23(28-25(31)35)19-8-3-4-13-27-19)21-9-6-14-30(21)18-7-5-12-26-16-18/h3-16,23-24,29H,1-2H3,(H,28,35). The summed E-state index contributed by atoms with van der Waals surface area (Å²) in [5.41, 5.74) is 3.71. The first-order valence-electron chi connectivity index (χ1n) is 11.1. The Hall–Kier alpha value is -3.96. The monoisotopic (exact) mass is 520 g/mol. The van der Waals surface area contributed by atoms with Gasteiger partial charge in [0.2, 0.25) is 10.0 Å². The van der Waals surface area contributed by atoms with Crippen molar-refractivity contribution in [1.29, 1.82) is 0 Å². The van der Waals surface area contributed by atoms with Crippen molar-refractivity contribution in [2.24, 2.45) is 0 Å². The smallest absolute Gasteiger partial charge is 0.229 e. The van der Waals surface area contributed by atoms with Gasteiger partial charge in [-0.25, -0.2) is 8.42 Å². The van der Waals surface area contributed by atoms with E-state index in [0.717, 1.165) is 23.3 Å². The fourth-order valence-corrected chi connectivity index (χ4v) is 5.33. The maximum atomic E-state index is 12.0. The molecule has 0 radical (unpaired) electrons. The van der Waals surface area contributed by atoms with Crippen molar-refractivity contribution < 1.29 is 13.2 Å². The first-order valence-corrected chi connectivity index (χ1v) is 13.4. The third-order valence-electron chi connectivity index (χ3n) is 5.86. The second kappa shape index (κ2) is 9.59. The largest absolute Gasteiger partial charge is 0.495 e. The van der Waals surface area contributed by atoms with E-state index >= 15 is 0 Å². The molecule has 1 aliphatic heterocycles. The quantitative estimate of drug-likeness (QED) is 0.355. The van der Waals surface area contributed by atoms with Crippen LogP contribution < -0.4 is 19.7 Å². The second-order valence-corrected chi connectivity index (χ2v) is 10.4. The van der Waals surface area contributed by atoms with Gasteiger partial charge >= 0.3 is 0 Å². The predicted molar refractivity (Wildman–Crippen MR) is 143 cm³/mol. The van der Waals surface area contributed by atoms with Crippen LogP contribution in [0.4, 0.5) is 11.4 Å². The molecule has 4 aromatic rings. The average molecular weight is 521 g/mol. The van der Waals surface area contributed by atoms with E-state index in [4.69, 9.17) is 17.0 Å². The fraction of sp³-hybridized carbons (Fsp3) is 0.160. The number of hydrogen-bond acceptors (Lipinski definition) is 6. The van der Waals surface area contributed by atoms with Gasteiger partial charge in [0.15, 0.2) is 5.11 Å². The maximum absolute atomic E-state index is 12.0. The summed E-state index contributed by atoms with van der Waals surface area (Å²) in [5.74, 6) is 0.402. The number of thiocarbonyl (C=S) groups is 1. The number of aromatic nitrogens is 3. The lowest BCUT2D eigenvalue weighted by molar-refractivity contribution is 0.417. The molecule has 0 spiro atoms. The molecule has 1 fully saturated rings. The van der Waals surface area contributed by atoms with Gasteiger partial charge in [0.25, 0.3) is 0 Å². The topological polar surface area (TPSA) is 101 Å². The van der Waals surface area contributed by atoms with Crippen LogP contribution in [0.3, 0.4) is 0 Å². The number of rotatable bonds is 7. The summed E-state index contributed by atoms with van der Waals surface area (Å²) in [6.07, 6.45) is 8.36. The zero-order valence-corrected chi connectivity index (χ0v) is 21.2. The molecular formula is C25H24N6O3S2. The van der Waals surface area contributed by atoms with Gasteiger partial charge in [-0.1, -0.05) is 6.07 Å². The molecule has 0 saturated carbocycles. The molecule has 1 saturated heterocycles. The van der Waals surface area contributed by atoms with Gasteiger partial charge in [-0.05, 0) is 66.8 Å². The van der Waals surface area contributed by atoms with Crippen molar-refractivity contribution in [3.63, 3.8) is 0 Å². The highest BCUT2D eigenvalue weighted by atomic mass is 32.2. The third kappa shape index (κ3) is 4.62. The average Bonchev–Trinajstić information content (AvgIpc) is 3.48. The molecule has 0 bridgehead atoms. The number of methoxy groups -OCH3 is 1. The number of pyridine rings is 2. The van der Waals surface area contributed by atoms with E-state index in [1.54, 1.807) is 30.7 Å². The van der Waals surface area contributed by atoms with Crippen molar-refractivity contribution in [2.45, 2.75) is 12.1 Å². The van der Waals surface area contributed by atoms with Crippen LogP contribution in [0, 0.1) is 0 Å². The summed E-state index contributed by atoms with van der Waals surface area (Å²) in [5, 5.41) is 3.92. The molecule has 1 aromatic carbocycles. The van der Waals surface area contributed by atoms with Crippen LogP contribution in [0.15, 0.2) is 85.5 Å². The van der Waals surface area contributed by atoms with Gasteiger partial charge in [-0.15, -0.1) is 0 Å². The zero-order valence-electron chi connectivity index (χ0n) is 19.6. The van der Waals surface area contributed by atoms with E-state index in [0.29, 0.717) is 22.2 Å². The van der Waals surface area contributed by atoms with Crippen LogP contribution in [0.25, 0.3) is 5.69 Å². The van der Waals surface area contributed by atoms with Crippen LogP contribution in [0.5, 0.6) is 5.75 Å². The lowest BCUT2D eigenvalue weighted by Gasteiger charge is -2.29. The lowest BCUT2D eigenvalue weighted by atomic mass is 10.0. The number of hydrogen-bond donors (Lipinski definition) is 2. The van der Waals surface area contributed by atoms with Gasteiger partial charge in [-0.2, -0.15) is 0 Å². The summed E-state index contributed by atoms with van der Waals surface area (Å²) in [7, 11) is -2.04. The molecule has 184 valence electrons. The van der Waals surface area contributed by atoms with Crippen LogP contribution in [0.2, 0.25) is 0 Å². The Morgan fingerprint density at radius 3 is 2.61 bits per heavy atom. The Morgan fingerprint density at radius 1 is 1.06 bits per heavy atom. The number of sulfonamides is 1. The van der Waals surface area contributed by atoms with Crippen LogP contribution in [0.1, 0.15) is 23.5 Å². The molecule has 2 atom stereocenters. The number of nitrogens with one attached hydrogen (secondary N) is 2. The molecule has 0 aliphatic carbocycles. The van der Waals surface area contributed by atoms with Crippen LogP contribution >= 0.6 is 12.2 Å². The van der Waals surface area contributed by atoms with Gasteiger partial charge in [0, 0.05) is 30.0 Å². The zero-order chi connectivity index (χ0) is 25.3. The van der Waals surface area contributed by atoms with Crippen molar-refractivity contribution in [2.75, 3.05) is 23.0 Å². The molecule has 2 N–H and O–H groups in total. The SMILES string of the molecule is COc1ccc(N2C(=S)NC(c3ccccn3)C2c2cccn2-c2cccnc2)cc1NS(C)(=O)=O. The van der Waals surface area contributed by atoms with E-state index < -0.39 is 10.0 Å². The molecular weight excluding hydrogens is 496 g/mol. The minimum absolute atomic E-state index is 0.266. The maximum Gasteiger partial charge on any atom is 0.229 e. The summed E-state index contributed by atoms with van der Waals surface area (Å²) >= 11 is 5.82. The number of nitrogens with zero attached hydrogens (tertiary/aromatic N) is 4. The van der Waals surface area contributed by atoms with E-state index in [1.165, 1.54) is 7.11 Å². The van der Waals surface area contributed by atoms with Crippen LogP contribution in [-0.4, -0.2) is 41.4 Å². The Balaban J connectivity index is 1.67. The van der Waals surface area contributed by atoms with Gasteiger partial charge in [0.1, 0.15) is 11.8 Å². The highest BCUT2D eigenvalue weighted by Gasteiger charge is 2.42. The summed E-state index contributed by atoms with van der Waals surface area (Å²) in [6.45, 7) is 0. The highest BCUT2D eigenvalue weighted by Crippen LogP contribution is 2.43. The molecule has 3 aromatic heterocycles. The highest BCUT2D eigenvalue weighted by molar-refractivity contribution is 7.92. The van der Waals surface area contributed by atoms with E-state index in [-0.39, 0.29) is 12.1 Å². The fourth-order valence-electron chi connectivity index (χ4n) is 4.43. The summed E-state index contributed by atoms with van der Waals surface area (Å²) in [4.78, 5) is 10.8. The number of anilines is 2. The van der Waals surface area contributed by atoms with Gasteiger partial charge < -0.3 is 19.5 Å². The van der Waals surface area contributed by atoms with Crippen molar-refractivity contribution in [3.8, 4) is 11.4 Å². The second-order valence-electron chi connectivity index (χ2n) is 8.27. The Bertz CT molecular complexity index is 1490. The number of ether oxygens (including phenoxy) is 1. The molecule has 1 aliphatic rings. The molecule has 5 rings (SSSR count). The lowest BCUT2D eigenvalue weighted by Crippen LogP contribution is -2.30. The summed E-state index contributed by atoms with van der Waals surface area (Å²) in [6, 6.07) is 18.4. The third-order valence-corrected chi connectivity index (χ3v) is 6.77. The van der Waals surface area contributed by atoms with Crippen molar-refractivity contribution in [1.82, 2.24) is 19.9 Å². The van der Waals surface area contributed by atoms with E-state index in [9.17, 15) is 8.42 Å². The predicted octanol–water partition coefficient (Wildman–Crippen LogP) is 3.82. The summed E-state index contributed by atoms with van der Waals surface area (Å²) < 4.78 is 34.0. The Labute approximate surface area is 214 Å². The van der Waals surface area contributed by atoms with Crippen molar-refractivity contribution in [3.05, 3.63) is 96.8 Å². The van der Waals surface area contributed by atoms with Crippen LogP contribution in [-0.2, 0) is 10.0 Å².